The van der Waals surface area contributed by atoms with E-state index in [1.165, 1.54) is 25.3 Å². The van der Waals surface area contributed by atoms with Crippen molar-refractivity contribution in [3.05, 3.63) is 53.3 Å². The average molecular weight is 296 g/mol. The monoisotopic (exact) mass is 296 g/mol. The van der Waals surface area contributed by atoms with Gasteiger partial charge in [-0.3, -0.25) is 4.79 Å². The van der Waals surface area contributed by atoms with Crippen LogP contribution in [0.25, 0.3) is 0 Å². The molecule has 3 N–H and O–H groups in total. The first-order chi connectivity index (χ1) is 9.93. The van der Waals surface area contributed by atoms with E-state index in [9.17, 15) is 18.0 Å². The number of halogens is 3. The minimum Gasteiger partial charge on any atom is -0.497 e. The Morgan fingerprint density at radius 1 is 1.14 bits per heavy atom. The molecule has 0 aliphatic carbocycles. The normalized spacial score (nSPS) is 10.3. The number of methoxy groups -OCH3 is 1. The van der Waals surface area contributed by atoms with Crippen molar-refractivity contribution in [2.24, 2.45) is 0 Å². The lowest BCUT2D eigenvalue weighted by Gasteiger charge is -2.10. The van der Waals surface area contributed by atoms with E-state index < -0.39 is 29.0 Å². The number of carbonyl (C=O) groups excluding carboxylic acids is 1. The molecule has 0 saturated heterocycles. The molecule has 1 amide bonds. The molecule has 0 aromatic heterocycles. The van der Waals surface area contributed by atoms with Gasteiger partial charge in [-0.1, -0.05) is 0 Å². The first-order valence-corrected chi connectivity index (χ1v) is 5.82. The van der Waals surface area contributed by atoms with E-state index in [1.54, 1.807) is 0 Å². The number of nitrogen functional groups attached to an aromatic ring is 1. The molecule has 110 valence electrons. The molecule has 2 aromatic carbocycles. The molecule has 2 aromatic rings. The minimum atomic E-state index is -1.66. The molecule has 0 heterocycles. The van der Waals surface area contributed by atoms with Gasteiger partial charge in [0.2, 0.25) is 0 Å². The first kappa shape index (κ1) is 14.7. The number of anilines is 2. The van der Waals surface area contributed by atoms with Gasteiger partial charge in [-0.25, -0.2) is 13.2 Å². The van der Waals surface area contributed by atoms with Crippen LogP contribution in [-0.4, -0.2) is 13.0 Å². The molecule has 0 bridgehead atoms. The quantitative estimate of drug-likeness (QED) is 0.676. The number of carbonyl (C=O) groups is 1. The highest BCUT2D eigenvalue weighted by molar-refractivity contribution is 6.07. The highest BCUT2D eigenvalue weighted by Gasteiger charge is 2.17. The van der Waals surface area contributed by atoms with Crippen molar-refractivity contribution in [2.75, 3.05) is 18.2 Å². The molecule has 4 nitrogen and oxygen atoms in total. The SMILES string of the molecule is COc1ccc(C(=O)Nc2ccc(F)c(F)c2F)c(N)c1. The summed E-state index contributed by atoms with van der Waals surface area (Å²) in [6.07, 6.45) is 0. The molecule has 0 fully saturated rings. The number of nitrogens with one attached hydrogen (secondary N) is 1. The summed E-state index contributed by atoms with van der Waals surface area (Å²) in [6, 6.07) is 5.92. The van der Waals surface area contributed by atoms with Crippen LogP contribution in [0, 0.1) is 17.5 Å². The highest BCUT2D eigenvalue weighted by atomic mass is 19.2. The fourth-order valence-corrected chi connectivity index (χ4v) is 1.69. The van der Waals surface area contributed by atoms with Gasteiger partial charge in [0.25, 0.3) is 5.91 Å². The first-order valence-electron chi connectivity index (χ1n) is 5.82. The van der Waals surface area contributed by atoms with Gasteiger partial charge in [-0.15, -0.1) is 0 Å². The summed E-state index contributed by atoms with van der Waals surface area (Å²) in [5.41, 5.74) is 5.36. The van der Waals surface area contributed by atoms with Gasteiger partial charge in [0.15, 0.2) is 17.5 Å². The number of nitrogens with two attached hydrogens (primary N) is 1. The van der Waals surface area contributed by atoms with Gasteiger partial charge in [0.05, 0.1) is 18.4 Å². The molecule has 7 heteroatoms. The number of hydrogen-bond acceptors (Lipinski definition) is 3. The maximum Gasteiger partial charge on any atom is 0.257 e. The van der Waals surface area contributed by atoms with Crippen molar-refractivity contribution in [2.45, 2.75) is 0 Å². The van der Waals surface area contributed by atoms with Gasteiger partial charge in [-0.05, 0) is 24.3 Å². The molecular formula is C14H11F3N2O2. The molecule has 0 aliphatic rings. The lowest BCUT2D eigenvalue weighted by Crippen LogP contribution is -2.15. The van der Waals surface area contributed by atoms with Crippen molar-refractivity contribution in [3.63, 3.8) is 0 Å². The standard InChI is InChI=1S/C14H11F3N2O2/c1-21-7-2-3-8(10(18)6-7)14(20)19-11-5-4-9(15)12(16)13(11)17/h2-6H,18H2,1H3,(H,19,20). The number of ether oxygens (including phenoxy) is 1. The van der Waals surface area contributed by atoms with Crippen LogP contribution < -0.4 is 15.8 Å². The van der Waals surface area contributed by atoms with Crippen LogP contribution >= 0.6 is 0 Å². The van der Waals surface area contributed by atoms with Crippen LogP contribution in [0.1, 0.15) is 10.4 Å². The van der Waals surface area contributed by atoms with Crippen molar-refractivity contribution < 1.29 is 22.7 Å². The third-order valence-electron chi connectivity index (χ3n) is 2.79. The summed E-state index contributed by atoms with van der Waals surface area (Å²) >= 11 is 0. The van der Waals surface area contributed by atoms with E-state index in [4.69, 9.17) is 10.5 Å². The number of benzene rings is 2. The van der Waals surface area contributed by atoms with Gasteiger partial charge >= 0.3 is 0 Å². The Hall–Kier alpha value is -2.70. The lowest BCUT2D eigenvalue weighted by atomic mass is 10.1. The molecule has 0 unspecified atom stereocenters. The second kappa shape index (κ2) is 5.74. The molecular weight excluding hydrogens is 285 g/mol. The van der Waals surface area contributed by atoms with Crippen LogP contribution in [-0.2, 0) is 0 Å². The summed E-state index contributed by atoms with van der Waals surface area (Å²) in [6.45, 7) is 0. The van der Waals surface area contributed by atoms with Gasteiger partial charge in [0.1, 0.15) is 5.75 Å². The smallest absolute Gasteiger partial charge is 0.257 e. The Kier molecular flexibility index (Phi) is 4.02. The van der Waals surface area contributed by atoms with Crippen molar-refractivity contribution in [3.8, 4) is 5.75 Å². The maximum atomic E-state index is 13.5. The Balaban J connectivity index is 2.28. The molecule has 2 rings (SSSR count). The second-order valence-electron chi connectivity index (χ2n) is 4.13. The van der Waals surface area contributed by atoms with Crippen molar-refractivity contribution >= 4 is 17.3 Å². The molecule has 0 saturated carbocycles. The van der Waals surface area contributed by atoms with E-state index in [0.717, 1.165) is 6.07 Å². The summed E-state index contributed by atoms with van der Waals surface area (Å²) in [7, 11) is 1.44. The third kappa shape index (κ3) is 2.91. The Bertz CT molecular complexity index is 705. The Morgan fingerprint density at radius 3 is 2.48 bits per heavy atom. The van der Waals surface area contributed by atoms with Crippen LogP contribution in [0.4, 0.5) is 24.5 Å². The maximum absolute atomic E-state index is 13.5. The number of rotatable bonds is 3. The fraction of sp³-hybridized carbons (Fsp3) is 0.0714. The lowest BCUT2D eigenvalue weighted by molar-refractivity contribution is 0.102. The van der Waals surface area contributed by atoms with E-state index in [0.29, 0.717) is 11.8 Å². The van der Waals surface area contributed by atoms with Gasteiger partial charge in [-0.2, -0.15) is 0 Å². The number of amides is 1. The predicted octanol–water partition coefficient (Wildman–Crippen LogP) is 2.95. The van der Waals surface area contributed by atoms with Crippen molar-refractivity contribution in [1.29, 1.82) is 0 Å². The van der Waals surface area contributed by atoms with Crippen molar-refractivity contribution in [1.82, 2.24) is 0 Å². The Labute approximate surface area is 118 Å². The second-order valence-corrected chi connectivity index (χ2v) is 4.13. The molecule has 21 heavy (non-hydrogen) atoms. The van der Waals surface area contributed by atoms with E-state index in [2.05, 4.69) is 5.32 Å². The van der Waals surface area contributed by atoms with E-state index in [1.807, 2.05) is 0 Å². The third-order valence-corrected chi connectivity index (χ3v) is 2.79. The Morgan fingerprint density at radius 2 is 1.86 bits per heavy atom. The zero-order chi connectivity index (χ0) is 15.6. The molecule has 0 aliphatic heterocycles. The van der Waals surface area contributed by atoms with Gasteiger partial charge < -0.3 is 15.8 Å². The summed E-state index contributed by atoms with van der Waals surface area (Å²) in [4.78, 5) is 12.0. The molecule has 0 spiro atoms. The number of hydrogen-bond donors (Lipinski definition) is 2. The highest BCUT2D eigenvalue weighted by Crippen LogP contribution is 2.23. The summed E-state index contributed by atoms with van der Waals surface area (Å²) in [5, 5.41) is 2.13. The van der Waals surface area contributed by atoms with Crippen LogP contribution in [0.15, 0.2) is 30.3 Å². The zero-order valence-electron chi connectivity index (χ0n) is 10.9. The largest absolute Gasteiger partial charge is 0.497 e. The summed E-state index contributed by atoms with van der Waals surface area (Å²) in [5.74, 6) is -4.77. The summed E-state index contributed by atoms with van der Waals surface area (Å²) < 4.78 is 44.3. The zero-order valence-corrected chi connectivity index (χ0v) is 10.9. The average Bonchev–Trinajstić information content (AvgIpc) is 2.47. The van der Waals surface area contributed by atoms with Gasteiger partial charge in [0, 0.05) is 11.8 Å². The van der Waals surface area contributed by atoms with Crippen LogP contribution in [0.5, 0.6) is 5.75 Å². The van der Waals surface area contributed by atoms with Crippen LogP contribution in [0.2, 0.25) is 0 Å². The fourth-order valence-electron chi connectivity index (χ4n) is 1.69. The minimum absolute atomic E-state index is 0.0555. The van der Waals surface area contributed by atoms with E-state index in [-0.39, 0.29) is 11.3 Å². The topological polar surface area (TPSA) is 64.3 Å². The molecule has 0 atom stereocenters. The van der Waals surface area contributed by atoms with E-state index >= 15 is 0 Å². The predicted molar refractivity (Wildman–Crippen MR) is 71.7 cm³/mol. The molecule has 0 radical (unpaired) electrons. The van der Waals surface area contributed by atoms with Crippen LogP contribution in [0.3, 0.4) is 0 Å².